The molecular weight excluding hydrogens is 466 g/mol. The molecule has 2 heterocycles. The number of amides is 2. The van der Waals surface area contributed by atoms with Crippen LogP contribution in [0.3, 0.4) is 0 Å². The first kappa shape index (κ1) is 25.7. The highest BCUT2D eigenvalue weighted by molar-refractivity contribution is 5.98. The average Bonchev–Trinajstić information content (AvgIpc) is 3.30. The highest BCUT2D eigenvalue weighted by Gasteiger charge is 2.53. The van der Waals surface area contributed by atoms with Gasteiger partial charge in [0, 0.05) is 31.2 Å². The lowest BCUT2D eigenvalue weighted by atomic mass is 9.83. The molecule has 0 radical (unpaired) electrons. The summed E-state index contributed by atoms with van der Waals surface area (Å²) >= 11 is 0. The van der Waals surface area contributed by atoms with E-state index < -0.39 is 11.8 Å². The van der Waals surface area contributed by atoms with Crippen molar-refractivity contribution >= 4 is 11.8 Å². The fourth-order valence-corrected chi connectivity index (χ4v) is 6.05. The molecule has 2 aromatic rings. The van der Waals surface area contributed by atoms with Gasteiger partial charge in [0.15, 0.2) is 0 Å². The van der Waals surface area contributed by atoms with Crippen molar-refractivity contribution in [1.29, 1.82) is 0 Å². The molecule has 1 unspecified atom stereocenters. The Morgan fingerprint density at radius 2 is 1.76 bits per heavy atom. The minimum Gasteiger partial charge on any atom is -0.497 e. The van der Waals surface area contributed by atoms with Crippen LogP contribution < -0.4 is 10.1 Å². The molecule has 1 aliphatic carbocycles. The SMILES string of the molecule is COc1cccc(C(=O)N2C(C(=O)NC3CCN(Cc4ccccc4)CC3)COC23CCC(C)CC3)c1. The second-order valence-corrected chi connectivity index (χ2v) is 10.9. The van der Waals surface area contributed by atoms with E-state index in [4.69, 9.17) is 9.47 Å². The summed E-state index contributed by atoms with van der Waals surface area (Å²) in [7, 11) is 1.59. The molecule has 1 spiro atoms. The number of nitrogens with zero attached hydrogens (tertiary/aromatic N) is 2. The molecule has 5 rings (SSSR count). The van der Waals surface area contributed by atoms with Gasteiger partial charge in [0.1, 0.15) is 17.5 Å². The lowest BCUT2D eigenvalue weighted by Gasteiger charge is -2.43. The van der Waals surface area contributed by atoms with Gasteiger partial charge in [-0.05, 0) is 68.2 Å². The Kier molecular flexibility index (Phi) is 7.81. The number of nitrogens with one attached hydrogen (secondary N) is 1. The van der Waals surface area contributed by atoms with E-state index >= 15 is 0 Å². The lowest BCUT2D eigenvalue weighted by molar-refractivity contribution is -0.128. The second kappa shape index (κ2) is 11.2. The molecule has 1 N–H and O–H groups in total. The number of piperidine rings is 1. The van der Waals surface area contributed by atoms with Crippen LogP contribution in [-0.4, -0.2) is 66.2 Å². The first-order valence-corrected chi connectivity index (χ1v) is 13.7. The van der Waals surface area contributed by atoms with Gasteiger partial charge in [-0.25, -0.2) is 0 Å². The van der Waals surface area contributed by atoms with E-state index in [2.05, 4.69) is 41.4 Å². The smallest absolute Gasteiger partial charge is 0.257 e. The molecule has 7 heteroatoms. The summed E-state index contributed by atoms with van der Waals surface area (Å²) in [5.74, 6) is 0.953. The molecule has 2 aromatic carbocycles. The van der Waals surface area contributed by atoms with Crippen LogP contribution in [0.5, 0.6) is 5.75 Å². The highest BCUT2D eigenvalue weighted by atomic mass is 16.5. The minimum atomic E-state index is -0.715. The molecule has 3 fully saturated rings. The van der Waals surface area contributed by atoms with E-state index in [0.29, 0.717) is 17.2 Å². The van der Waals surface area contributed by atoms with Crippen LogP contribution in [-0.2, 0) is 16.1 Å². The first-order valence-electron chi connectivity index (χ1n) is 13.7. The van der Waals surface area contributed by atoms with Crippen LogP contribution in [0.25, 0.3) is 0 Å². The van der Waals surface area contributed by atoms with Crippen LogP contribution >= 0.6 is 0 Å². The van der Waals surface area contributed by atoms with Gasteiger partial charge in [-0.3, -0.25) is 19.4 Å². The molecule has 198 valence electrons. The third-order valence-electron chi connectivity index (χ3n) is 8.34. The normalized spacial score (nSPS) is 26.8. The van der Waals surface area contributed by atoms with Crippen molar-refractivity contribution in [3.05, 3.63) is 65.7 Å². The maximum Gasteiger partial charge on any atom is 0.257 e. The van der Waals surface area contributed by atoms with Gasteiger partial charge in [-0.2, -0.15) is 0 Å². The molecule has 37 heavy (non-hydrogen) atoms. The maximum atomic E-state index is 13.9. The number of carbonyl (C=O) groups excluding carboxylic acids is 2. The molecule has 7 nitrogen and oxygen atoms in total. The van der Waals surface area contributed by atoms with Crippen molar-refractivity contribution in [3.63, 3.8) is 0 Å². The Bertz CT molecular complexity index is 1080. The quantitative estimate of drug-likeness (QED) is 0.637. The van der Waals surface area contributed by atoms with Crippen molar-refractivity contribution in [2.24, 2.45) is 5.92 Å². The van der Waals surface area contributed by atoms with Gasteiger partial charge in [-0.15, -0.1) is 0 Å². The van der Waals surface area contributed by atoms with E-state index in [9.17, 15) is 9.59 Å². The monoisotopic (exact) mass is 505 g/mol. The van der Waals surface area contributed by atoms with Crippen molar-refractivity contribution in [2.75, 3.05) is 26.8 Å². The zero-order chi connectivity index (χ0) is 25.8. The zero-order valence-corrected chi connectivity index (χ0v) is 22.0. The Morgan fingerprint density at radius 1 is 1.03 bits per heavy atom. The van der Waals surface area contributed by atoms with Gasteiger partial charge < -0.3 is 14.8 Å². The third kappa shape index (κ3) is 5.68. The largest absolute Gasteiger partial charge is 0.497 e. The van der Waals surface area contributed by atoms with E-state index in [1.165, 1.54) is 5.56 Å². The summed E-state index contributed by atoms with van der Waals surface area (Å²) in [6.45, 7) is 5.29. The summed E-state index contributed by atoms with van der Waals surface area (Å²) in [6, 6.07) is 17.2. The summed E-state index contributed by atoms with van der Waals surface area (Å²) in [5.41, 5.74) is 1.12. The van der Waals surface area contributed by atoms with Crippen molar-refractivity contribution in [1.82, 2.24) is 15.1 Å². The number of hydrogen-bond acceptors (Lipinski definition) is 5. The number of ether oxygens (including phenoxy) is 2. The third-order valence-corrected chi connectivity index (χ3v) is 8.34. The predicted molar refractivity (Wildman–Crippen MR) is 142 cm³/mol. The number of carbonyl (C=O) groups is 2. The molecule has 1 atom stereocenters. The number of methoxy groups -OCH3 is 1. The zero-order valence-electron chi connectivity index (χ0n) is 22.0. The number of benzene rings is 2. The van der Waals surface area contributed by atoms with Crippen LogP contribution in [0.1, 0.15) is 61.4 Å². The Hall–Kier alpha value is -2.90. The summed E-state index contributed by atoms with van der Waals surface area (Å²) in [6.07, 6.45) is 5.28. The Labute approximate surface area is 220 Å². The van der Waals surface area contributed by atoms with E-state index in [1.54, 1.807) is 24.1 Å². The number of rotatable bonds is 6. The number of hydrogen-bond donors (Lipinski definition) is 1. The van der Waals surface area contributed by atoms with Crippen LogP contribution in [0, 0.1) is 5.92 Å². The Morgan fingerprint density at radius 3 is 2.46 bits per heavy atom. The van der Waals surface area contributed by atoms with Gasteiger partial charge in [0.25, 0.3) is 5.91 Å². The van der Waals surface area contributed by atoms with E-state index in [0.717, 1.165) is 58.2 Å². The molecular formula is C30H39N3O4. The summed E-state index contributed by atoms with van der Waals surface area (Å²) in [5, 5.41) is 3.27. The molecule has 2 saturated heterocycles. The summed E-state index contributed by atoms with van der Waals surface area (Å²) < 4.78 is 11.7. The summed E-state index contributed by atoms with van der Waals surface area (Å²) in [4.78, 5) is 31.7. The van der Waals surface area contributed by atoms with Crippen molar-refractivity contribution in [3.8, 4) is 5.75 Å². The fourth-order valence-electron chi connectivity index (χ4n) is 6.05. The van der Waals surface area contributed by atoms with Gasteiger partial charge in [0.2, 0.25) is 5.91 Å². The second-order valence-electron chi connectivity index (χ2n) is 10.9. The molecule has 3 aliphatic rings. The number of likely N-dealkylation sites (tertiary alicyclic amines) is 1. The van der Waals surface area contributed by atoms with Crippen LogP contribution in [0.15, 0.2) is 54.6 Å². The van der Waals surface area contributed by atoms with Crippen LogP contribution in [0.4, 0.5) is 0 Å². The maximum absolute atomic E-state index is 13.9. The molecule has 0 aromatic heterocycles. The van der Waals surface area contributed by atoms with E-state index in [-0.39, 0.29) is 24.5 Å². The van der Waals surface area contributed by atoms with Gasteiger partial charge >= 0.3 is 0 Å². The van der Waals surface area contributed by atoms with E-state index in [1.807, 2.05) is 18.2 Å². The standard InChI is InChI=1S/C30H39N3O4/c1-22-11-15-30(16-12-22)33(29(35)24-9-6-10-26(19-24)36-2)27(21-37-30)28(34)31-25-13-17-32(18-14-25)20-23-7-4-3-5-8-23/h3-10,19,22,25,27H,11-18,20-21H2,1-2H3,(H,31,34). The van der Waals surface area contributed by atoms with Gasteiger partial charge in [-0.1, -0.05) is 43.3 Å². The molecule has 0 bridgehead atoms. The topological polar surface area (TPSA) is 71.1 Å². The molecule has 2 aliphatic heterocycles. The predicted octanol–water partition coefficient (Wildman–Crippen LogP) is 4.22. The Balaban J connectivity index is 1.27. The molecule has 2 amide bonds. The van der Waals surface area contributed by atoms with Gasteiger partial charge in [0.05, 0.1) is 13.7 Å². The lowest BCUT2D eigenvalue weighted by Crippen LogP contribution is -2.58. The molecule has 1 saturated carbocycles. The minimum absolute atomic E-state index is 0.103. The first-order chi connectivity index (χ1) is 18.0. The van der Waals surface area contributed by atoms with Crippen molar-refractivity contribution < 1.29 is 19.1 Å². The average molecular weight is 506 g/mol. The van der Waals surface area contributed by atoms with Crippen LogP contribution in [0.2, 0.25) is 0 Å². The van der Waals surface area contributed by atoms with Crippen molar-refractivity contribution in [2.45, 2.75) is 69.8 Å². The highest BCUT2D eigenvalue weighted by Crippen LogP contribution is 2.43. The fraction of sp³-hybridized carbons (Fsp3) is 0.533.